The van der Waals surface area contributed by atoms with Crippen molar-refractivity contribution in [3.8, 4) is 0 Å². The third-order valence-electron chi connectivity index (χ3n) is 4.50. The van der Waals surface area contributed by atoms with Gasteiger partial charge >= 0.3 is 0 Å². The van der Waals surface area contributed by atoms with Crippen molar-refractivity contribution < 1.29 is 12.8 Å². The first-order chi connectivity index (χ1) is 11.5. The number of nitrogens with one attached hydrogen (secondary N) is 1. The van der Waals surface area contributed by atoms with Crippen molar-refractivity contribution in [2.75, 3.05) is 19.3 Å². The quantitative estimate of drug-likeness (QED) is 0.869. The Balaban J connectivity index is 1.53. The molecule has 0 aliphatic carbocycles. The van der Waals surface area contributed by atoms with Gasteiger partial charge < -0.3 is 9.73 Å². The number of likely N-dealkylation sites (tertiary alicyclic amines) is 1. The fourth-order valence-electron chi connectivity index (χ4n) is 3.19. The van der Waals surface area contributed by atoms with Gasteiger partial charge in [-0.05, 0) is 49.7 Å². The molecular weight excluding hydrogens is 324 g/mol. The molecular formula is C18H24N2O3S. The van der Waals surface area contributed by atoms with Crippen LogP contribution in [-0.4, -0.2) is 38.7 Å². The van der Waals surface area contributed by atoms with E-state index in [1.165, 1.54) is 6.26 Å². The fraction of sp³-hybridized carbons (Fsp3) is 0.444. The number of benzene rings is 1. The van der Waals surface area contributed by atoms with E-state index >= 15 is 0 Å². The molecule has 130 valence electrons. The third kappa shape index (κ3) is 4.47. The Hall–Kier alpha value is -1.63. The molecule has 1 N–H and O–H groups in total. The van der Waals surface area contributed by atoms with E-state index < -0.39 is 9.84 Å². The highest BCUT2D eigenvalue weighted by Crippen LogP contribution is 2.20. The minimum atomic E-state index is -3.18. The summed E-state index contributed by atoms with van der Waals surface area (Å²) < 4.78 is 29.2. The number of hydrogen-bond donors (Lipinski definition) is 1. The molecule has 0 radical (unpaired) electrons. The molecule has 0 bridgehead atoms. The van der Waals surface area contributed by atoms with Gasteiger partial charge in [-0.3, -0.25) is 4.90 Å². The highest BCUT2D eigenvalue weighted by atomic mass is 32.2. The molecule has 3 rings (SSSR count). The molecule has 2 heterocycles. The number of sulfone groups is 1. The van der Waals surface area contributed by atoms with Crippen LogP contribution in [0.4, 0.5) is 0 Å². The van der Waals surface area contributed by atoms with Gasteiger partial charge in [0, 0.05) is 18.8 Å². The normalized spacial score (nSPS) is 17.2. The summed E-state index contributed by atoms with van der Waals surface area (Å²) in [6.45, 7) is 3.38. The summed E-state index contributed by atoms with van der Waals surface area (Å²) in [5, 5.41) is 3.53. The minimum absolute atomic E-state index is 0.447. The van der Waals surface area contributed by atoms with E-state index in [2.05, 4.69) is 10.2 Å². The van der Waals surface area contributed by atoms with Crippen LogP contribution in [0.15, 0.2) is 52.0 Å². The van der Waals surface area contributed by atoms with Gasteiger partial charge in [-0.1, -0.05) is 18.2 Å². The zero-order valence-corrected chi connectivity index (χ0v) is 14.8. The zero-order chi connectivity index (χ0) is 17.0. The van der Waals surface area contributed by atoms with Crippen molar-refractivity contribution in [3.05, 3.63) is 54.0 Å². The van der Waals surface area contributed by atoms with Crippen molar-refractivity contribution in [2.24, 2.45) is 0 Å². The maximum absolute atomic E-state index is 11.9. The largest absolute Gasteiger partial charge is 0.468 e. The van der Waals surface area contributed by atoms with E-state index in [1.54, 1.807) is 18.4 Å². The molecule has 1 aromatic heterocycles. The molecule has 0 spiro atoms. The average molecular weight is 348 g/mol. The lowest BCUT2D eigenvalue weighted by atomic mass is 10.0. The summed E-state index contributed by atoms with van der Waals surface area (Å²) in [7, 11) is -3.18. The molecule has 2 aromatic rings. The summed E-state index contributed by atoms with van der Waals surface area (Å²) in [5.41, 5.74) is 0.891. The van der Waals surface area contributed by atoms with Crippen LogP contribution in [0.2, 0.25) is 0 Å². The molecule has 0 atom stereocenters. The van der Waals surface area contributed by atoms with Crippen LogP contribution < -0.4 is 5.32 Å². The molecule has 6 heteroatoms. The number of hydrogen-bond acceptors (Lipinski definition) is 5. The standard InChI is InChI=1S/C18H24N2O3S/c1-24(21,22)18-7-3-2-5-15(18)14-20-10-8-16(9-11-20)19-13-17-6-4-12-23-17/h2-7,12,16,19H,8-11,13-14H2,1H3. The molecule has 1 saturated heterocycles. The number of furan rings is 1. The highest BCUT2D eigenvalue weighted by Gasteiger charge is 2.21. The predicted molar refractivity (Wildman–Crippen MR) is 93.4 cm³/mol. The SMILES string of the molecule is CS(=O)(=O)c1ccccc1CN1CCC(NCc2ccco2)CC1. The van der Waals surface area contributed by atoms with Crippen LogP contribution in [-0.2, 0) is 22.9 Å². The average Bonchev–Trinajstić information content (AvgIpc) is 3.07. The van der Waals surface area contributed by atoms with Crippen LogP contribution in [0.1, 0.15) is 24.2 Å². The monoisotopic (exact) mass is 348 g/mol. The van der Waals surface area contributed by atoms with Gasteiger partial charge in [0.1, 0.15) is 5.76 Å². The lowest BCUT2D eigenvalue weighted by Crippen LogP contribution is -2.41. The minimum Gasteiger partial charge on any atom is -0.468 e. The first-order valence-corrected chi connectivity index (χ1v) is 10.2. The van der Waals surface area contributed by atoms with Crippen molar-refractivity contribution in [1.29, 1.82) is 0 Å². The molecule has 1 fully saturated rings. The van der Waals surface area contributed by atoms with Gasteiger partial charge in [0.25, 0.3) is 0 Å². The summed E-state index contributed by atoms with van der Waals surface area (Å²) >= 11 is 0. The number of nitrogens with zero attached hydrogens (tertiary/aromatic N) is 1. The lowest BCUT2D eigenvalue weighted by Gasteiger charge is -2.32. The molecule has 1 aliphatic heterocycles. The van der Waals surface area contributed by atoms with Crippen LogP contribution in [0.3, 0.4) is 0 Å². The molecule has 24 heavy (non-hydrogen) atoms. The second-order valence-corrected chi connectivity index (χ2v) is 8.37. The summed E-state index contributed by atoms with van der Waals surface area (Å²) in [6, 6.07) is 11.7. The van der Waals surface area contributed by atoms with E-state index in [0.717, 1.165) is 43.8 Å². The Labute approximate surface area is 143 Å². The van der Waals surface area contributed by atoms with Gasteiger partial charge in [-0.15, -0.1) is 0 Å². The van der Waals surface area contributed by atoms with Crippen LogP contribution >= 0.6 is 0 Å². The topological polar surface area (TPSA) is 62.6 Å². The molecule has 5 nitrogen and oxygen atoms in total. The van der Waals surface area contributed by atoms with Crippen LogP contribution in [0, 0.1) is 0 Å². The van der Waals surface area contributed by atoms with Crippen molar-refractivity contribution in [1.82, 2.24) is 10.2 Å². The van der Waals surface area contributed by atoms with Gasteiger partial charge in [-0.2, -0.15) is 0 Å². The summed E-state index contributed by atoms with van der Waals surface area (Å²) in [6.07, 6.45) is 5.08. The summed E-state index contributed by atoms with van der Waals surface area (Å²) in [5.74, 6) is 0.958. The molecule has 0 saturated carbocycles. The second kappa shape index (κ2) is 7.51. The van der Waals surface area contributed by atoms with Crippen molar-refractivity contribution >= 4 is 9.84 Å². The fourth-order valence-corrected chi connectivity index (χ4v) is 4.13. The van der Waals surface area contributed by atoms with E-state index in [9.17, 15) is 8.42 Å². The predicted octanol–water partition coefficient (Wildman–Crippen LogP) is 2.44. The highest BCUT2D eigenvalue weighted by molar-refractivity contribution is 7.90. The summed E-state index contributed by atoms with van der Waals surface area (Å²) in [4.78, 5) is 2.78. The van der Waals surface area contributed by atoms with E-state index in [0.29, 0.717) is 17.5 Å². The first kappa shape index (κ1) is 17.2. The molecule has 1 aliphatic rings. The molecule has 1 aromatic carbocycles. The van der Waals surface area contributed by atoms with Crippen molar-refractivity contribution in [2.45, 2.75) is 36.9 Å². The van der Waals surface area contributed by atoms with Gasteiger partial charge in [0.2, 0.25) is 0 Å². The van der Waals surface area contributed by atoms with Gasteiger partial charge in [-0.25, -0.2) is 8.42 Å². The van der Waals surface area contributed by atoms with E-state index in [-0.39, 0.29) is 0 Å². The van der Waals surface area contributed by atoms with Gasteiger partial charge in [0.05, 0.1) is 17.7 Å². The molecule has 0 unspecified atom stereocenters. The molecule has 0 amide bonds. The maximum atomic E-state index is 11.9. The van der Waals surface area contributed by atoms with Gasteiger partial charge in [0.15, 0.2) is 9.84 Å². The lowest BCUT2D eigenvalue weighted by molar-refractivity contribution is 0.187. The number of piperidine rings is 1. The zero-order valence-electron chi connectivity index (χ0n) is 13.9. The Kier molecular flexibility index (Phi) is 5.38. The van der Waals surface area contributed by atoms with E-state index in [4.69, 9.17) is 4.42 Å². The second-order valence-electron chi connectivity index (χ2n) is 6.39. The van der Waals surface area contributed by atoms with Crippen molar-refractivity contribution in [3.63, 3.8) is 0 Å². The van der Waals surface area contributed by atoms with Crippen LogP contribution in [0.25, 0.3) is 0 Å². The van der Waals surface area contributed by atoms with E-state index in [1.807, 2.05) is 24.3 Å². The van der Waals surface area contributed by atoms with Crippen LogP contribution in [0.5, 0.6) is 0 Å². The number of rotatable bonds is 6. The Morgan fingerprint density at radius 2 is 1.92 bits per heavy atom. The smallest absolute Gasteiger partial charge is 0.175 e. The maximum Gasteiger partial charge on any atom is 0.175 e. The third-order valence-corrected chi connectivity index (χ3v) is 5.70. The Morgan fingerprint density at radius 1 is 1.17 bits per heavy atom. The Bertz CT molecular complexity index is 748. The first-order valence-electron chi connectivity index (χ1n) is 8.28. The Morgan fingerprint density at radius 3 is 2.58 bits per heavy atom.